The number of benzene rings is 3. The average Bonchev–Trinajstić information content (AvgIpc) is 2.68. The highest BCUT2D eigenvalue weighted by Crippen LogP contribution is 2.39. The fourth-order valence-electron chi connectivity index (χ4n) is 3.05. The van der Waals surface area contributed by atoms with E-state index in [1.807, 2.05) is 0 Å². The molecule has 27 heavy (non-hydrogen) atoms. The quantitative estimate of drug-likeness (QED) is 0.500. The largest absolute Gasteiger partial charge is 0.416 e. The van der Waals surface area contributed by atoms with Crippen molar-refractivity contribution in [1.82, 2.24) is 5.48 Å². The Morgan fingerprint density at radius 3 is 2.00 bits per heavy atom. The van der Waals surface area contributed by atoms with Gasteiger partial charge in [0.05, 0.1) is 11.5 Å². The molecule has 1 atom stereocenters. The molecule has 3 nitrogen and oxygen atoms in total. The van der Waals surface area contributed by atoms with Crippen molar-refractivity contribution in [1.29, 1.82) is 0 Å². The molecular formula is C21H16F3NO2. The van der Waals surface area contributed by atoms with Crippen LogP contribution >= 0.6 is 0 Å². The van der Waals surface area contributed by atoms with E-state index in [1.54, 1.807) is 60.7 Å². The highest BCUT2D eigenvalue weighted by atomic mass is 19.4. The van der Waals surface area contributed by atoms with Crippen LogP contribution in [0.4, 0.5) is 13.2 Å². The molecule has 2 N–H and O–H groups in total. The van der Waals surface area contributed by atoms with Crippen molar-refractivity contribution >= 4 is 5.91 Å². The van der Waals surface area contributed by atoms with Crippen molar-refractivity contribution in [3.63, 3.8) is 0 Å². The van der Waals surface area contributed by atoms with E-state index in [0.29, 0.717) is 11.1 Å². The molecule has 0 fully saturated rings. The van der Waals surface area contributed by atoms with Crippen LogP contribution in [-0.2, 0) is 11.0 Å². The smallest absolute Gasteiger partial charge is 0.289 e. The van der Waals surface area contributed by atoms with E-state index < -0.39 is 23.6 Å². The molecular weight excluding hydrogens is 355 g/mol. The van der Waals surface area contributed by atoms with Crippen LogP contribution in [0.5, 0.6) is 0 Å². The molecule has 3 rings (SSSR count). The average molecular weight is 371 g/mol. The molecule has 0 saturated heterocycles. The number of rotatable bonds is 4. The van der Waals surface area contributed by atoms with E-state index in [-0.39, 0.29) is 5.56 Å². The second-order valence-corrected chi connectivity index (χ2v) is 5.99. The third-order valence-corrected chi connectivity index (χ3v) is 4.28. The van der Waals surface area contributed by atoms with Crippen molar-refractivity contribution < 1.29 is 23.2 Å². The van der Waals surface area contributed by atoms with Gasteiger partial charge in [0, 0.05) is 0 Å². The maximum absolute atomic E-state index is 13.6. The molecule has 0 aliphatic rings. The molecule has 0 radical (unpaired) electrons. The number of carbonyl (C=O) groups excluding carboxylic acids is 1. The topological polar surface area (TPSA) is 49.3 Å². The minimum Gasteiger partial charge on any atom is -0.289 e. The fourth-order valence-corrected chi connectivity index (χ4v) is 3.05. The Balaban J connectivity index is 2.24. The highest BCUT2D eigenvalue weighted by Gasteiger charge is 2.37. The summed E-state index contributed by atoms with van der Waals surface area (Å²) >= 11 is 0. The first-order valence-electron chi connectivity index (χ1n) is 8.17. The van der Waals surface area contributed by atoms with Gasteiger partial charge >= 0.3 is 6.18 Å². The molecule has 0 aliphatic carbocycles. The summed E-state index contributed by atoms with van der Waals surface area (Å²) in [6.07, 6.45) is -4.65. The predicted octanol–water partition coefficient (Wildman–Crippen LogP) is 5.01. The monoisotopic (exact) mass is 371 g/mol. The maximum atomic E-state index is 13.6. The van der Waals surface area contributed by atoms with Crippen molar-refractivity contribution in [3.05, 3.63) is 95.6 Å². The molecule has 0 bridgehead atoms. The van der Waals surface area contributed by atoms with Gasteiger partial charge in [-0.05, 0) is 34.4 Å². The zero-order chi connectivity index (χ0) is 19.4. The summed E-state index contributed by atoms with van der Waals surface area (Å²) in [6, 6.07) is 20.7. The van der Waals surface area contributed by atoms with Crippen LogP contribution in [-0.4, -0.2) is 11.1 Å². The van der Waals surface area contributed by atoms with Gasteiger partial charge in [0.25, 0.3) is 5.91 Å². The number of hydrogen-bond acceptors (Lipinski definition) is 2. The highest BCUT2D eigenvalue weighted by molar-refractivity contribution is 5.87. The predicted molar refractivity (Wildman–Crippen MR) is 95.1 cm³/mol. The Labute approximate surface area is 154 Å². The number of hydrogen-bond donors (Lipinski definition) is 2. The van der Waals surface area contributed by atoms with Crippen LogP contribution in [0.2, 0.25) is 0 Å². The zero-order valence-corrected chi connectivity index (χ0v) is 14.1. The van der Waals surface area contributed by atoms with Crippen LogP contribution in [0.15, 0.2) is 78.9 Å². The lowest BCUT2D eigenvalue weighted by Crippen LogP contribution is -2.29. The summed E-state index contributed by atoms with van der Waals surface area (Å²) in [5.41, 5.74) is 1.98. The zero-order valence-electron chi connectivity index (χ0n) is 14.1. The molecule has 1 amide bonds. The van der Waals surface area contributed by atoms with Crippen LogP contribution in [0.25, 0.3) is 11.1 Å². The number of hydroxylamine groups is 1. The Hall–Kier alpha value is -3.12. The van der Waals surface area contributed by atoms with Crippen LogP contribution in [0, 0.1) is 0 Å². The lowest BCUT2D eigenvalue weighted by atomic mass is 9.85. The molecule has 0 aromatic heterocycles. The van der Waals surface area contributed by atoms with Crippen molar-refractivity contribution in [2.24, 2.45) is 0 Å². The van der Waals surface area contributed by atoms with Gasteiger partial charge < -0.3 is 0 Å². The SMILES string of the molecule is O=C(NO)C(c1ccccc1)c1cc(-c2ccccc2)ccc1C(F)(F)F. The van der Waals surface area contributed by atoms with Crippen molar-refractivity contribution in [2.75, 3.05) is 0 Å². The molecule has 0 spiro atoms. The van der Waals surface area contributed by atoms with Crippen molar-refractivity contribution in [3.8, 4) is 11.1 Å². The Bertz CT molecular complexity index is 925. The minimum absolute atomic E-state index is 0.221. The van der Waals surface area contributed by atoms with Crippen molar-refractivity contribution in [2.45, 2.75) is 12.1 Å². The lowest BCUT2D eigenvalue weighted by Gasteiger charge is -2.22. The number of amides is 1. The van der Waals surface area contributed by atoms with E-state index in [0.717, 1.165) is 11.6 Å². The molecule has 6 heteroatoms. The minimum atomic E-state index is -4.65. The number of halogens is 3. The van der Waals surface area contributed by atoms with Crippen LogP contribution in [0.1, 0.15) is 22.6 Å². The molecule has 0 aliphatic heterocycles. The fraction of sp³-hybridized carbons (Fsp3) is 0.0952. The first kappa shape index (κ1) is 18.7. The second-order valence-electron chi connectivity index (χ2n) is 5.99. The third kappa shape index (κ3) is 4.01. The molecule has 138 valence electrons. The van der Waals surface area contributed by atoms with E-state index >= 15 is 0 Å². The van der Waals surface area contributed by atoms with E-state index in [1.165, 1.54) is 17.6 Å². The van der Waals surface area contributed by atoms with Gasteiger partial charge in [-0.25, -0.2) is 5.48 Å². The van der Waals surface area contributed by atoms with Crippen LogP contribution < -0.4 is 5.48 Å². The maximum Gasteiger partial charge on any atom is 0.416 e. The van der Waals surface area contributed by atoms with Gasteiger partial charge in [0.2, 0.25) is 0 Å². The Morgan fingerprint density at radius 2 is 1.44 bits per heavy atom. The van der Waals surface area contributed by atoms with E-state index in [2.05, 4.69) is 0 Å². The van der Waals surface area contributed by atoms with Gasteiger partial charge in [-0.2, -0.15) is 13.2 Å². The Morgan fingerprint density at radius 1 is 0.852 bits per heavy atom. The van der Waals surface area contributed by atoms with Gasteiger partial charge in [-0.1, -0.05) is 66.7 Å². The summed E-state index contributed by atoms with van der Waals surface area (Å²) in [4.78, 5) is 12.3. The van der Waals surface area contributed by atoms with Gasteiger partial charge in [0.15, 0.2) is 0 Å². The van der Waals surface area contributed by atoms with Crippen LogP contribution in [0.3, 0.4) is 0 Å². The second kappa shape index (κ2) is 7.63. The number of alkyl halides is 3. The number of carbonyl (C=O) groups is 1. The number of nitrogens with one attached hydrogen (secondary N) is 1. The van der Waals surface area contributed by atoms with E-state index in [9.17, 15) is 18.0 Å². The molecule has 0 saturated carbocycles. The molecule has 0 heterocycles. The van der Waals surface area contributed by atoms with Gasteiger partial charge in [-0.15, -0.1) is 0 Å². The summed E-state index contributed by atoms with van der Waals surface area (Å²) in [5.74, 6) is -2.24. The summed E-state index contributed by atoms with van der Waals surface area (Å²) in [5, 5.41) is 9.13. The molecule has 1 unspecified atom stereocenters. The summed E-state index contributed by atoms with van der Waals surface area (Å²) in [6.45, 7) is 0. The standard InChI is InChI=1S/C21H16F3NO2/c22-21(23,24)18-12-11-16(14-7-3-1-4-8-14)13-17(18)19(20(26)25-27)15-9-5-2-6-10-15/h1-13,19,27H,(H,25,26). The molecule has 3 aromatic rings. The first-order chi connectivity index (χ1) is 12.9. The normalized spacial score (nSPS) is 12.4. The van der Waals surface area contributed by atoms with Gasteiger partial charge in [0.1, 0.15) is 0 Å². The first-order valence-corrected chi connectivity index (χ1v) is 8.17. The van der Waals surface area contributed by atoms with Gasteiger partial charge in [-0.3, -0.25) is 10.0 Å². The lowest BCUT2D eigenvalue weighted by molar-refractivity contribution is -0.139. The summed E-state index contributed by atoms with van der Waals surface area (Å²) < 4.78 is 40.9. The molecule has 3 aromatic carbocycles. The summed E-state index contributed by atoms with van der Waals surface area (Å²) in [7, 11) is 0. The van der Waals surface area contributed by atoms with E-state index in [4.69, 9.17) is 5.21 Å². The Kier molecular flexibility index (Phi) is 5.28. The third-order valence-electron chi connectivity index (χ3n) is 4.28.